The Morgan fingerprint density at radius 2 is 1.83 bits per heavy atom. The normalized spacial score (nSPS) is 15.2. The number of anilines is 2. The Morgan fingerprint density at radius 3 is 2.54 bits per heavy atom. The van der Waals surface area contributed by atoms with Crippen molar-refractivity contribution in [3.8, 4) is 0 Å². The first kappa shape index (κ1) is 28.8. The summed E-state index contributed by atoms with van der Waals surface area (Å²) in [5.74, 6) is -0.400. The van der Waals surface area contributed by atoms with Gasteiger partial charge >= 0.3 is 0 Å². The zero-order valence-corrected chi connectivity index (χ0v) is 25.4. The predicted octanol–water partition coefficient (Wildman–Crippen LogP) is 4.77. The molecule has 2 amide bonds. The molecule has 4 aromatic rings. The van der Waals surface area contributed by atoms with Gasteiger partial charge in [-0.2, -0.15) is 0 Å². The standard InChI is InChI=1S/C31H37N5O4S/c1-7-36-24-9-8-22(16-25(24)33(6)29(38)31(4,5)30(36)39)10-12-34(18-26-21(3)32-19-41-26)13-14-35-17-20(2)27-23(28(35)37)11-15-40-27/h8-9,11,15-17,19H,7,10,12-14,18H2,1-6H3. The van der Waals surface area contributed by atoms with Crippen LogP contribution in [0.25, 0.3) is 11.0 Å². The summed E-state index contributed by atoms with van der Waals surface area (Å²) in [5.41, 5.74) is 5.84. The monoisotopic (exact) mass is 575 g/mol. The molecule has 0 N–H and O–H groups in total. The number of benzene rings is 1. The highest BCUT2D eigenvalue weighted by atomic mass is 32.1. The third kappa shape index (κ3) is 5.34. The molecule has 0 spiro atoms. The Hall–Kier alpha value is -3.76. The van der Waals surface area contributed by atoms with Gasteiger partial charge in [-0.05, 0) is 64.8 Å². The zero-order chi connectivity index (χ0) is 29.5. The second-order valence-electron chi connectivity index (χ2n) is 11.2. The van der Waals surface area contributed by atoms with Crippen LogP contribution >= 0.6 is 11.3 Å². The predicted molar refractivity (Wildman–Crippen MR) is 163 cm³/mol. The molecule has 0 saturated heterocycles. The minimum absolute atomic E-state index is 0.0512. The van der Waals surface area contributed by atoms with Gasteiger partial charge in [-0.25, -0.2) is 4.98 Å². The maximum absolute atomic E-state index is 13.3. The molecule has 41 heavy (non-hydrogen) atoms. The number of hydrogen-bond acceptors (Lipinski definition) is 7. The number of aromatic nitrogens is 2. The fraction of sp³-hybridized carbons (Fsp3) is 0.419. The Labute approximate surface area is 244 Å². The molecule has 10 heteroatoms. The Bertz CT molecular complexity index is 1670. The summed E-state index contributed by atoms with van der Waals surface area (Å²) < 4.78 is 7.26. The van der Waals surface area contributed by atoms with Crippen molar-refractivity contribution in [1.29, 1.82) is 0 Å². The van der Waals surface area contributed by atoms with Gasteiger partial charge in [0.25, 0.3) is 5.56 Å². The Balaban J connectivity index is 1.39. The van der Waals surface area contributed by atoms with Gasteiger partial charge < -0.3 is 18.8 Å². The van der Waals surface area contributed by atoms with Crippen LogP contribution in [0.1, 0.15) is 42.5 Å². The van der Waals surface area contributed by atoms with Gasteiger partial charge in [0.15, 0.2) is 0 Å². The number of nitrogens with zero attached hydrogens (tertiary/aromatic N) is 5. The highest BCUT2D eigenvalue weighted by Crippen LogP contribution is 2.38. The molecule has 1 aliphatic rings. The number of rotatable bonds is 9. The van der Waals surface area contributed by atoms with E-state index in [9.17, 15) is 14.4 Å². The average molecular weight is 576 g/mol. The summed E-state index contributed by atoms with van der Waals surface area (Å²) in [6.45, 7) is 12.5. The number of aryl methyl sites for hydroxylation is 2. The molecule has 0 unspecified atom stereocenters. The van der Waals surface area contributed by atoms with Crippen LogP contribution in [-0.4, -0.2) is 52.9 Å². The molecule has 0 bridgehead atoms. The second-order valence-corrected chi connectivity index (χ2v) is 12.2. The third-order valence-corrected chi connectivity index (χ3v) is 9.00. The van der Waals surface area contributed by atoms with E-state index in [4.69, 9.17) is 4.42 Å². The van der Waals surface area contributed by atoms with Gasteiger partial charge in [0.05, 0.1) is 34.2 Å². The molecule has 3 aromatic heterocycles. The topological polar surface area (TPSA) is 91.9 Å². The smallest absolute Gasteiger partial charge is 0.261 e. The third-order valence-electron chi connectivity index (χ3n) is 8.08. The molecule has 4 heterocycles. The van der Waals surface area contributed by atoms with Gasteiger partial charge in [-0.3, -0.25) is 19.3 Å². The van der Waals surface area contributed by atoms with Crippen molar-refractivity contribution in [3.05, 3.63) is 74.3 Å². The van der Waals surface area contributed by atoms with Crippen molar-refractivity contribution in [2.45, 2.75) is 54.1 Å². The van der Waals surface area contributed by atoms with Crippen molar-refractivity contribution < 1.29 is 14.0 Å². The number of hydrogen-bond donors (Lipinski definition) is 0. The first-order valence-corrected chi connectivity index (χ1v) is 14.8. The van der Waals surface area contributed by atoms with E-state index in [0.717, 1.165) is 47.7 Å². The first-order chi connectivity index (χ1) is 19.5. The largest absolute Gasteiger partial charge is 0.464 e. The van der Waals surface area contributed by atoms with Crippen LogP contribution in [0.4, 0.5) is 11.4 Å². The number of furan rings is 1. The number of thiazole rings is 1. The Kier molecular flexibility index (Phi) is 7.89. The van der Waals surface area contributed by atoms with E-state index in [1.165, 1.54) is 4.88 Å². The SMILES string of the molecule is CCN1C(=O)C(C)(C)C(=O)N(C)c2cc(CCN(CCn3cc(C)c4occc4c3=O)Cc3scnc3C)ccc21. The number of fused-ring (bicyclic) bond motifs is 2. The lowest BCUT2D eigenvalue weighted by Gasteiger charge is -2.27. The second kappa shape index (κ2) is 11.3. The summed E-state index contributed by atoms with van der Waals surface area (Å²) in [6.07, 6.45) is 4.17. The molecule has 216 valence electrons. The van der Waals surface area contributed by atoms with Crippen molar-refractivity contribution in [1.82, 2.24) is 14.5 Å². The van der Waals surface area contributed by atoms with Gasteiger partial charge in [0.2, 0.25) is 11.8 Å². The molecule has 0 radical (unpaired) electrons. The van der Waals surface area contributed by atoms with Crippen LogP contribution in [0.5, 0.6) is 0 Å². The van der Waals surface area contributed by atoms with Crippen molar-refractivity contribution in [2.24, 2.45) is 5.41 Å². The summed E-state index contributed by atoms with van der Waals surface area (Å²) >= 11 is 1.64. The molecule has 1 aliphatic heterocycles. The molecular formula is C31H37N5O4S. The minimum atomic E-state index is -1.14. The molecule has 0 saturated carbocycles. The van der Waals surface area contributed by atoms with Gasteiger partial charge in [0.1, 0.15) is 11.0 Å². The molecule has 1 aromatic carbocycles. The minimum Gasteiger partial charge on any atom is -0.464 e. The highest BCUT2D eigenvalue weighted by molar-refractivity contribution is 7.09. The number of pyridine rings is 1. The lowest BCUT2D eigenvalue weighted by atomic mass is 9.90. The molecular weight excluding hydrogens is 538 g/mol. The average Bonchev–Trinajstić information content (AvgIpc) is 3.61. The van der Waals surface area contributed by atoms with E-state index in [2.05, 4.69) is 9.88 Å². The maximum Gasteiger partial charge on any atom is 0.261 e. The molecule has 0 atom stereocenters. The number of amides is 2. The van der Waals surface area contributed by atoms with Gasteiger partial charge in [-0.15, -0.1) is 11.3 Å². The van der Waals surface area contributed by atoms with E-state index in [0.29, 0.717) is 30.6 Å². The molecule has 0 fully saturated rings. The van der Waals surface area contributed by atoms with Crippen molar-refractivity contribution in [3.63, 3.8) is 0 Å². The molecule has 5 rings (SSSR count). The van der Waals surface area contributed by atoms with Crippen LogP contribution in [0.15, 0.2) is 51.4 Å². The van der Waals surface area contributed by atoms with Gasteiger partial charge in [-0.1, -0.05) is 6.07 Å². The van der Waals surface area contributed by atoms with Crippen LogP contribution in [0, 0.1) is 19.3 Å². The molecule has 9 nitrogen and oxygen atoms in total. The number of carbonyl (C=O) groups excluding carboxylic acids is 2. The van der Waals surface area contributed by atoms with Crippen LogP contribution in [0.2, 0.25) is 0 Å². The lowest BCUT2D eigenvalue weighted by molar-refractivity contribution is -0.137. The molecule has 0 aliphatic carbocycles. The summed E-state index contributed by atoms with van der Waals surface area (Å²) in [5, 5.41) is 0.598. The summed E-state index contributed by atoms with van der Waals surface area (Å²) in [6, 6.07) is 7.76. The van der Waals surface area contributed by atoms with E-state index >= 15 is 0 Å². The Morgan fingerprint density at radius 1 is 1.05 bits per heavy atom. The van der Waals surface area contributed by atoms with Crippen LogP contribution < -0.4 is 15.4 Å². The van der Waals surface area contributed by atoms with Gasteiger partial charge in [0, 0.05) is 56.4 Å². The van der Waals surface area contributed by atoms with Crippen LogP contribution in [-0.2, 0) is 29.1 Å². The van der Waals surface area contributed by atoms with Crippen molar-refractivity contribution in [2.75, 3.05) is 36.5 Å². The quantitative estimate of drug-likeness (QED) is 0.267. The van der Waals surface area contributed by atoms with E-state index in [-0.39, 0.29) is 17.4 Å². The van der Waals surface area contributed by atoms with Crippen molar-refractivity contribution >= 4 is 45.5 Å². The number of carbonyl (C=O) groups is 2. The lowest BCUT2D eigenvalue weighted by Crippen LogP contribution is -2.47. The fourth-order valence-corrected chi connectivity index (χ4v) is 6.36. The highest BCUT2D eigenvalue weighted by Gasteiger charge is 2.45. The van der Waals surface area contributed by atoms with E-state index < -0.39 is 5.41 Å². The van der Waals surface area contributed by atoms with E-state index in [1.54, 1.807) is 58.9 Å². The fourth-order valence-electron chi connectivity index (χ4n) is 5.54. The van der Waals surface area contributed by atoms with E-state index in [1.807, 2.05) is 50.7 Å². The van der Waals surface area contributed by atoms with Crippen LogP contribution in [0.3, 0.4) is 0 Å². The summed E-state index contributed by atoms with van der Waals surface area (Å²) in [7, 11) is 1.74. The zero-order valence-electron chi connectivity index (χ0n) is 24.6. The maximum atomic E-state index is 13.3. The first-order valence-electron chi connectivity index (χ1n) is 13.9. The summed E-state index contributed by atoms with van der Waals surface area (Å²) in [4.78, 5) is 50.8.